The van der Waals surface area contributed by atoms with Crippen molar-refractivity contribution in [2.45, 2.75) is 0 Å². The molecule has 2 N–H and O–H groups in total. The highest BCUT2D eigenvalue weighted by molar-refractivity contribution is 7.17. The molecule has 2 aliphatic heterocycles. The fourth-order valence-corrected chi connectivity index (χ4v) is 4.06. The van der Waals surface area contributed by atoms with Crippen LogP contribution in [0.4, 0.5) is 11.4 Å². The van der Waals surface area contributed by atoms with Crippen LogP contribution in [-0.4, -0.2) is 31.6 Å². The number of benzene rings is 2. The van der Waals surface area contributed by atoms with E-state index < -0.39 is 0 Å². The molecule has 0 atom stereocenters. The van der Waals surface area contributed by atoms with Gasteiger partial charge in [0.1, 0.15) is 19.0 Å². The number of amides is 2. The van der Waals surface area contributed by atoms with Gasteiger partial charge in [0.05, 0.1) is 10.6 Å². The van der Waals surface area contributed by atoms with Gasteiger partial charge in [-0.25, -0.2) is 0 Å². The van der Waals surface area contributed by atoms with E-state index in [-0.39, 0.29) is 18.4 Å². The van der Waals surface area contributed by atoms with Crippen LogP contribution < -0.4 is 24.8 Å². The highest BCUT2D eigenvalue weighted by atomic mass is 32.1. The number of ether oxygens (including phenoxy) is 3. The zero-order chi connectivity index (χ0) is 19.8. The van der Waals surface area contributed by atoms with Crippen LogP contribution >= 0.6 is 11.3 Å². The molecule has 8 heteroatoms. The Morgan fingerprint density at radius 2 is 1.76 bits per heavy atom. The molecule has 0 aliphatic carbocycles. The number of hydrogen-bond donors (Lipinski definition) is 2. The lowest BCUT2D eigenvalue weighted by Gasteiger charge is -2.18. The first-order valence-corrected chi connectivity index (χ1v) is 9.85. The maximum atomic E-state index is 12.7. The number of hydrogen-bond acceptors (Lipinski definition) is 6. The maximum Gasteiger partial charge on any atom is 0.265 e. The summed E-state index contributed by atoms with van der Waals surface area (Å²) in [6.07, 6.45) is 0. The summed E-state index contributed by atoms with van der Waals surface area (Å²) in [7, 11) is 0. The van der Waals surface area contributed by atoms with E-state index in [1.165, 1.54) is 11.3 Å². The molecule has 5 rings (SSSR count). The Hall–Kier alpha value is -3.52. The number of rotatable bonds is 3. The fraction of sp³-hybridized carbons (Fsp3) is 0.143. The Labute approximate surface area is 170 Å². The van der Waals surface area contributed by atoms with Crippen molar-refractivity contribution >= 4 is 34.5 Å². The Bertz CT molecular complexity index is 1120. The van der Waals surface area contributed by atoms with Crippen molar-refractivity contribution in [3.05, 3.63) is 53.4 Å². The van der Waals surface area contributed by atoms with Crippen LogP contribution in [-0.2, 0) is 4.79 Å². The molecule has 2 amide bonds. The van der Waals surface area contributed by atoms with Crippen LogP contribution in [0.5, 0.6) is 17.2 Å². The summed E-state index contributed by atoms with van der Waals surface area (Å²) in [6.45, 7) is 1.07. The molecule has 3 heterocycles. The largest absolute Gasteiger partial charge is 0.486 e. The molecule has 0 unspecified atom stereocenters. The summed E-state index contributed by atoms with van der Waals surface area (Å²) < 4.78 is 16.5. The van der Waals surface area contributed by atoms with E-state index in [2.05, 4.69) is 10.6 Å². The minimum atomic E-state index is -0.221. The molecule has 2 aromatic carbocycles. The molecule has 2 aliphatic rings. The van der Waals surface area contributed by atoms with E-state index in [0.29, 0.717) is 41.0 Å². The van der Waals surface area contributed by atoms with Crippen LogP contribution in [0.1, 0.15) is 9.67 Å². The standard InChI is InChI=1S/C21H16N2O5S/c24-20-11-28-15-4-2-13(10-14(15)23-20)22-21(25)19-6-5-18(29-19)12-1-3-16-17(9-12)27-8-7-26-16/h1-6,9-10H,7-8,11H2,(H,22,25)(H,23,24). The molecule has 3 aromatic rings. The third-order valence-electron chi connectivity index (χ3n) is 4.53. The normalized spacial score (nSPS) is 14.4. The van der Waals surface area contributed by atoms with Crippen LogP contribution in [0.3, 0.4) is 0 Å². The van der Waals surface area contributed by atoms with Crippen molar-refractivity contribution in [2.75, 3.05) is 30.5 Å². The van der Waals surface area contributed by atoms with Gasteiger partial charge in [0.25, 0.3) is 11.8 Å². The first-order valence-electron chi connectivity index (χ1n) is 9.04. The molecule has 29 heavy (non-hydrogen) atoms. The van der Waals surface area contributed by atoms with Gasteiger partial charge in [-0.05, 0) is 54.1 Å². The molecular weight excluding hydrogens is 392 g/mol. The SMILES string of the molecule is O=C1COc2ccc(NC(=O)c3ccc(-c4ccc5c(c4)OCCO5)s3)cc2N1. The molecule has 0 saturated carbocycles. The summed E-state index contributed by atoms with van der Waals surface area (Å²) in [4.78, 5) is 25.7. The van der Waals surface area contributed by atoms with Crippen molar-refractivity contribution in [2.24, 2.45) is 0 Å². The lowest BCUT2D eigenvalue weighted by Crippen LogP contribution is -2.25. The van der Waals surface area contributed by atoms with Crippen molar-refractivity contribution in [3.63, 3.8) is 0 Å². The van der Waals surface area contributed by atoms with Crippen molar-refractivity contribution < 1.29 is 23.8 Å². The average molecular weight is 408 g/mol. The minimum absolute atomic E-state index is 0.00344. The highest BCUT2D eigenvalue weighted by Crippen LogP contribution is 2.37. The molecule has 146 valence electrons. The van der Waals surface area contributed by atoms with E-state index in [1.54, 1.807) is 24.3 Å². The number of thiophene rings is 1. The molecule has 0 radical (unpaired) electrons. The molecule has 0 saturated heterocycles. The summed E-state index contributed by atoms with van der Waals surface area (Å²) in [5, 5.41) is 5.59. The van der Waals surface area contributed by atoms with E-state index in [9.17, 15) is 9.59 Å². The van der Waals surface area contributed by atoms with Crippen molar-refractivity contribution in [1.82, 2.24) is 0 Å². The lowest BCUT2D eigenvalue weighted by molar-refractivity contribution is -0.118. The molecule has 7 nitrogen and oxygen atoms in total. The Balaban J connectivity index is 1.34. The van der Waals surface area contributed by atoms with Gasteiger partial charge in [-0.2, -0.15) is 0 Å². The first-order chi connectivity index (χ1) is 14.2. The van der Waals surface area contributed by atoms with Gasteiger partial charge in [-0.1, -0.05) is 0 Å². The summed E-state index contributed by atoms with van der Waals surface area (Å²) >= 11 is 1.39. The lowest BCUT2D eigenvalue weighted by atomic mass is 10.1. The second kappa shape index (κ2) is 7.14. The predicted molar refractivity (Wildman–Crippen MR) is 109 cm³/mol. The van der Waals surface area contributed by atoms with Gasteiger partial charge in [0.15, 0.2) is 18.1 Å². The van der Waals surface area contributed by atoms with E-state index in [0.717, 1.165) is 16.2 Å². The Morgan fingerprint density at radius 1 is 0.931 bits per heavy atom. The second-order valence-corrected chi connectivity index (χ2v) is 7.61. The third kappa shape index (κ3) is 3.50. The van der Waals surface area contributed by atoms with Gasteiger partial charge in [-0.15, -0.1) is 11.3 Å². The zero-order valence-electron chi connectivity index (χ0n) is 15.2. The number of nitrogens with one attached hydrogen (secondary N) is 2. The smallest absolute Gasteiger partial charge is 0.265 e. The van der Waals surface area contributed by atoms with Gasteiger partial charge in [0.2, 0.25) is 0 Å². The number of anilines is 2. The van der Waals surface area contributed by atoms with E-state index >= 15 is 0 Å². The molecule has 0 fully saturated rings. The molecule has 0 spiro atoms. The van der Waals surface area contributed by atoms with Gasteiger partial charge in [-0.3, -0.25) is 9.59 Å². The molecule has 0 bridgehead atoms. The Kier molecular flexibility index (Phi) is 4.33. The zero-order valence-corrected chi connectivity index (χ0v) is 16.0. The number of fused-ring (bicyclic) bond motifs is 2. The molecular formula is C21H16N2O5S. The number of carbonyl (C=O) groups is 2. The predicted octanol–water partition coefficient (Wildman–Crippen LogP) is 3.77. The monoisotopic (exact) mass is 408 g/mol. The van der Waals surface area contributed by atoms with Crippen LogP contribution in [0, 0.1) is 0 Å². The fourth-order valence-electron chi connectivity index (χ4n) is 3.17. The topological polar surface area (TPSA) is 85.9 Å². The first kappa shape index (κ1) is 17.6. The average Bonchev–Trinajstić information content (AvgIpc) is 3.23. The minimum Gasteiger partial charge on any atom is -0.486 e. The number of carbonyl (C=O) groups excluding carboxylic acids is 2. The van der Waals surface area contributed by atoms with Crippen LogP contribution in [0.15, 0.2) is 48.5 Å². The van der Waals surface area contributed by atoms with E-state index in [4.69, 9.17) is 14.2 Å². The highest BCUT2D eigenvalue weighted by Gasteiger charge is 2.18. The summed E-state index contributed by atoms with van der Waals surface area (Å²) in [5.41, 5.74) is 2.09. The molecule has 1 aromatic heterocycles. The quantitative estimate of drug-likeness (QED) is 0.689. The van der Waals surface area contributed by atoms with Gasteiger partial charge in [0, 0.05) is 10.6 Å². The Morgan fingerprint density at radius 3 is 2.66 bits per heavy atom. The second-order valence-electron chi connectivity index (χ2n) is 6.52. The van der Waals surface area contributed by atoms with Crippen LogP contribution in [0.2, 0.25) is 0 Å². The van der Waals surface area contributed by atoms with Crippen LogP contribution in [0.25, 0.3) is 10.4 Å². The maximum absolute atomic E-state index is 12.7. The van der Waals surface area contributed by atoms with Gasteiger partial charge >= 0.3 is 0 Å². The van der Waals surface area contributed by atoms with Crippen molar-refractivity contribution in [3.8, 4) is 27.7 Å². The van der Waals surface area contributed by atoms with Gasteiger partial charge < -0.3 is 24.8 Å². The third-order valence-corrected chi connectivity index (χ3v) is 5.66. The van der Waals surface area contributed by atoms with E-state index in [1.807, 2.05) is 24.3 Å². The summed E-state index contributed by atoms with van der Waals surface area (Å²) in [5.74, 6) is 1.59. The summed E-state index contributed by atoms with van der Waals surface area (Å²) in [6, 6.07) is 14.6. The van der Waals surface area contributed by atoms with Crippen molar-refractivity contribution in [1.29, 1.82) is 0 Å².